The number of rotatable bonds is 1. The van der Waals surface area contributed by atoms with Gasteiger partial charge in [0, 0.05) is 16.9 Å². The first-order chi connectivity index (χ1) is 8.25. The highest BCUT2D eigenvalue weighted by Gasteiger charge is 2.22. The van der Waals surface area contributed by atoms with Crippen molar-refractivity contribution in [2.75, 3.05) is 10.6 Å². The van der Waals surface area contributed by atoms with Gasteiger partial charge < -0.3 is 16.4 Å². The highest BCUT2D eigenvalue weighted by Crippen LogP contribution is 2.36. The van der Waals surface area contributed by atoms with E-state index in [2.05, 4.69) is 4.99 Å². The van der Waals surface area contributed by atoms with Crippen LogP contribution in [-0.2, 0) is 0 Å². The van der Waals surface area contributed by atoms with Crippen LogP contribution in [0.15, 0.2) is 40.7 Å². The summed E-state index contributed by atoms with van der Waals surface area (Å²) in [7, 11) is 0. The average molecular weight is 244 g/mol. The van der Waals surface area contributed by atoms with Crippen LogP contribution >= 0.6 is 11.3 Å². The van der Waals surface area contributed by atoms with Gasteiger partial charge in [-0.15, -0.1) is 11.3 Å². The number of anilines is 2. The molecule has 3 rings (SSSR count). The summed E-state index contributed by atoms with van der Waals surface area (Å²) < 4.78 is 0. The van der Waals surface area contributed by atoms with Crippen molar-refractivity contribution in [3.63, 3.8) is 0 Å². The molecule has 4 nitrogen and oxygen atoms in total. The van der Waals surface area contributed by atoms with Crippen LogP contribution in [0.3, 0.4) is 0 Å². The Morgan fingerprint density at radius 3 is 2.71 bits per heavy atom. The fraction of sp³-hybridized carbons (Fsp3) is 0.0833. The van der Waals surface area contributed by atoms with E-state index in [9.17, 15) is 0 Å². The summed E-state index contributed by atoms with van der Waals surface area (Å²) in [5.74, 6) is 0. The molecule has 0 spiro atoms. The molecule has 1 unspecified atom stereocenters. The second kappa shape index (κ2) is 3.87. The van der Waals surface area contributed by atoms with E-state index >= 15 is 0 Å². The van der Waals surface area contributed by atoms with Crippen molar-refractivity contribution < 1.29 is 0 Å². The molecule has 0 bridgehead atoms. The number of thiophene rings is 1. The molecule has 86 valence electrons. The third-order valence-corrected chi connectivity index (χ3v) is 3.62. The van der Waals surface area contributed by atoms with Crippen molar-refractivity contribution in [3.05, 3.63) is 41.3 Å². The van der Waals surface area contributed by atoms with Crippen LogP contribution in [0.1, 0.15) is 11.7 Å². The topological polar surface area (TPSA) is 67.6 Å². The van der Waals surface area contributed by atoms with Crippen LogP contribution in [0.2, 0.25) is 0 Å². The molecular weight excluding hydrogens is 232 g/mol. The molecule has 5 heteroatoms. The highest BCUT2D eigenvalue weighted by atomic mass is 32.1. The molecule has 17 heavy (non-hydrogen) atoms. The SMILES string of the molecule is Nc1ccc(N2C=Nc3sccc3C2N)cc1. The van der Waals surface area contributed by atoms with E-state index in [1.807, 2.05) is 40.6 Å². The predicted octanol–water partition coefficient (Wildman–Crippen LogP) is 2.47. The number of nitrogens with two attached hydrogens (primary N) is 2. The molecule has 0 aliphatic carbocycles. The molecule has 0 fully saturated rings. The van der Waals surface area contributed by atoms with Crippen LogP contribution < -0.4 is 16.4 Å². The normalized spacial score (nSPS) is 18.2. The van der Waals surface area contributed by atoms with Crippen molar-refractivity contribution in [1.29, 1.82) is 0 Å². The zero-order valence-electron chi connectivity index (χ0n) is 9.08. The van der Waals surface area contributed by atoms with Crippen molar-refractivity contribution >= 4 is 34.1 Å². The number of nitrogen functional groups attached to an aromatic ring is 1. The van der Waals surface area contributed by atoms with Crippen molar-refractivity contribution in [2.45, 2.75) is 6.17 Å². The third kappa shape index (κ3) is 1.69. The van der Waals surface area contributed by atoms with Gasteiger partial charge in [0.15, 0.2) is 0 Å². The molecule has 1 aliphatic rings. The maximum atomic E-state index is 6.22. The van der Waals surface area contributed by atoms with Crippen molar-refractivity contribution in [2.24, 2.45) is 10.7 Å². The van der Waals surface area contributed by atoms with E-state index in [4.69, 9.17) is 11.5 Å². The third-order valence-electron chi connectivity index (χ3n) is 2.78. The largest absolute Gasteiger partial charge is 0.399 e. The minimum atomic E-state index is -0.183. The first kappa shape index (κ1) is 10.3. The van der Waals surface area contributed by atoms with Gasteiger partial charge >= 0.3 is 0 Å². The van der Waals surface area contributed by atoms with Gasteiger partial charge in [-0.1, -0.05) is 0 Å². The summed E-state index contributed by atoms with van der Waals surface area (Å²) in [5, 5.41) is 3.00. The number of fused-ring (bicyclic) bond motifs is 1. The van der Waals surface area contributed by atoms with Crippen LogP contribution in [0.5, 0.6) is 0 Å². The summed E-state index contributed by atoms with van der Waals surface area (Å²) in [4.78, 5) is 6.33. The molecule has 0 radical (unpaired) electrons. The summed E-state index contributed by atoms with van der Waals surface area (Å²) >= 11 is 1.60. The first-order valence-electron chi connectivity index (χ1n) is 5.27. The van der Waals surface area contributed by atoms with Crippen LogP contribution in [0.25, 0.3) is 0 Å². The van der Waals surface area contributed by atoms with Crippen molar-refractivity contribution in [3.8, 4) is 0 Å². The number of benzene rings is 1. The van der Waals surface area contributed by atoms with Gasteiger partial charge in [0.25, 0.3) is 0 Å². The molecule has 4 N–H and O–H groups in total. The molecule has 1 atom stereocenters. The predicted molar refractivity (Wildman–Crippen MR) is 72.7 cm³/mol. The average Bonchev–Trinajstić information content (AvgIpc) is 2.80. The lowest BCUT2D eigenvalue weighted by molar-refractivity contribution is 0.754. The lowest BCUT2D eigenvalue weighted by Crippen LogP contribution is -2.34. The Labute approximate surface area is 103 Å². The van der Waals surface area contributed by atoms with Gasteiger partial charge in [-0.05, 0) is 35.7 Å². The maximum Gasteiger partial charge on any atom is 0.124 e. The first-order valence-corrected chi connectivity index (χ1v) is 6.15. The Kier molecular flexibility index (Phi) is 2.35. The Hall–Kier alpha value is -1.85. The molecule has 2 heterocycles. The van der Waals surface area contributed by atoms with E-state index in [1.165, 1.54) is 0 Å². The van der Waals surface area contributed by atoms with E-state index in [0.717, 1.165) is 21.9 Å². The Bertz CT molecular complexity index is 558. The Morgan fingerprint density at radius 1 is 1.18 bits per heavy atom. The van der Waals surface area contributed by atoms with E-state index in [-0.39, 0.29) is 6.17 Å². The fourth-order valence-electron chi connectivity index (χ4n) is 1.85. The van der Waals surface area contributed by atoms with Crippen LogP contribution in [-0.4, -0.2) is 6.34 Å². The molecule has 0 saturated heterocycles. The smallest absolute Gasteiger partial charge is 0.124 e. The molecular formula is C12H12N4S. The van der Waals surface area contributed by atoms with Gasteiger partial charge in [0.05, 0.1) is 6.34 Å². The Balaban J connectivity index is 1.98. The van der Waals surface area contributed by atoms with Gasteiger partial charge in [0.1, 0.15) is 11.2 Å². The molecule has 2 aromatic rings. The van der Waals surface area contributed by atoms with Crippen LogP contribution in [0, 0.1) is 0 Å². The monoisotopic (exact) mass is 244 g/mol. The Morgan fingerprint density at radius 2 is 1.94 bits per heavy atom. The molecule has 0 amide bonds. The summed E-state index contributed by atoms with van der Waals surface area (Å²) in [6.07, 6.45) is 1.59. The minimum absolute atomic E-state index is 0.183. The van der Waals surface area contributed by atoms with Gasteiger partial charge in [0.2, 0.25) is 0 Å². The lowest BCUT2D eigenvalue weighted by atomic mass is 10.2. The van der Waals surface area contributed by atoms with Crippen molar-refractivity contribution in [1.82, 2.24) is 0 Å². The number of hydrogen-bond acceptors (Lipinski definition) is 5. The molecule has 0 saturated carbocycles. The number of nitrogens with zero attached hydrogens (tertiary/aromatic N) is 2. The number of hydrogen-bond donors (Lipinski definition) is 2. The molecule has 1 aromatic heterocycles. The lowest BCUT2D eigenvalue weighted by Gasteiger charge is -2.29. The second-order valence-corrected chi connectivity index (χ2v) is 4.76. The minimum Gasteiger partial charge on any atom is -0.399 e. The fourth-order valence-corrected chi connectivity index (χ4v) is 2.63. The van der Waals surface area contributed by atoms with E-state index < -0.39 is 0 Å². The zero-order chi connectivity index (χ0) is 11.8. The maximum absolute atomic E-state index is 6.22. The highest BCUT2D eigenvalue weighted by molar-refractivity contribution is 7.14. The summed E-state index contributed by atoms with van der Waals surface area (Å²) in [5.41, 5.74) is 14.7. The van der Waals surface area contributed by atoms with Crippen LogP contribution in [0.4, 0.5) is 16.4 Å². The van der Waals surface area contributed by atoms with Gasteiger partial charge in [-0.25, -0.2) is 4.99 Å². The summed E-state index contributed by atoms with van der Waals surface area (Å²) in [6, 6.07) is 9.63. The second-order valence-electron chi connectivity index (χ2n) is 3.87. The standard InChI is InChI=1S/C12H12N4S/c13-8-1-3-9(4-2-8)16-7-15-12-10(11(16)14)5-6-17-12/h1-7,11H,13-14H2. The summed E-state index contributed by atoms with van der Waals surface area (Å²) in [6.45, 7) is 0. The zero-order valence-corrected chi connectivity index (χ0v) is 9.89. The molecule has 1 aliphatic heterocycles. The quantitative estimate of drug-likeness (QED) is 0.757. The van der Waals surface area contributed by atoms with E-state index in [0.29, 0.717) is 0 Å². The molecule has 1 aromatic carbocycles. The van der Waals surface area contributed by atoms with E-state index in [1.54, 1.807) is 17.7 Å². The number of aliphatic imine (C=N–C) groups is 1. The van der Waals surface area contributed by atoms with Gasteiger partial charge in [-0.2, -0.15) is 0 Å². The van der Waals surface area contributed by atoms with Gasteiger partial charge in [-0.3, -0.25) is 0 Å².